The minimum absolute atomic E-state index is 0.0662. The first-order chi connectivity index (χ1) is 9.11. The van der Waals surface area contributed by atoms with Crippen LogP contribution in [0.5, 0.6) is 5.75 Å². The first-order valence-corrected chi connectivity index (χ1v) is 5.68. The van der Waals surface area contributed by atoms with Crippen LogP contribution in [-0.4, -0.2) is 26.0 Å². The molecule has 0 fully saturated rings. The Morgan fingerprint density at radius 3 is 2.95 bits per heavy atom. The maximum atomic E-state index is 11.0. The summed E-state index contributed by atoms with van der Waals surface area (Å²) in [6, 6.07) is 6.99. The van der Waals surface area contributed by atoms with Gasteiger partial charge in [0.25, 0.3) is 0 Å². The standard InChI is InChI=1S/C13H14N2O4/c1-15-12(11(6-14-15)13(17)18)8-19-10-4-2-3-9(5-10)7-16/h2-6,16H,7-8H2,1H3,(H,17,18). The van der Waals surface area contributed by atoms with E-state index >= 15 is 0 Å². The molecule has 6 nitrogen and oxygen atoms in total. The Morgan fingerprint density at radius 2 is 2.26 bits per heavy atom. The number of aliphatic hydroxyl groups excluding tert-OH is 1. The lowest BCUT2D eigenvalue weighted by atomic mass is 10.2. The molecular formula is C13H14N2O4. The normalized spacial score (nSPS) is 10.4. The molecule has 0 aliphatic rings. The summed E-state index contributed by atoms with van der Waals surface area (Å²) in [6.45, 7) is 0.0380. The predicted molar refractivity (Wildman–Crippen MR) is 66.9 cm³/mol. The predicted octanol–water partition coefficient (Wildman–Crippen LogP) is 1.19. The summed E-state index contributed by atoms with van der Waals surface area (Å²) in [5, 5.41) is 21.9. The van der Waals surface area contributed by atoms with Crippen LogP contribution in [0.2, 0.25) is 0 Å². The van der Waals surface area contributed by atoms with Gasteiger partial charge in [0.2, 0.25) is 0 Å². The number of rotatable bonds is 5. The number of aryl methyl sites for hydroxylation is 1. The number of hydrogen-bond acceptors (Lipinski definition) is 4. The first-order valence-electron chi connectivity index (χ1n) is 5.68. The zero-order chi connectivity index (χ0) is 13.8. The molecule has 0 radical (unpaired) electrons. The SMILES string of the molecule is Cn1ncc(C(=O)O)c1COc1cccc(CO)c1. The number of nitrogens with zero attached hydrogens (tertiary/aromatic N) is 2. The van der Waals surface area contributed by atoms with Gasteiger partial charge in [-0.25, -0.2) is 4.79 Å². The highest BCUT2D eigenvalue weighted by Gasteiger charge is 2.15. The molecule has 100 valence electrons. The van der Waals surface area contributed by atoms with Crippen LogP contribution in [0, 0.1) is 0 Å². The number of aromatic nitrogens is 2. The highest BCUT2D eigenvalue weighted by Crippen LogP contribution is 2.16. The van der Waals surface area contributed by atoms with Gasteiger partial charge in [-0.15, -0.1) is 0 Å². The van der Waals surface area contributed by atoms with E-state index in [1.807, 2.05) is 0 Å². The van der Waals surface area contributed by atoms with Crippen molar-refractivity contribution in [3.63, 3.8) is 0 Å². The summed E-state index contributed by atoms with van der Waals surface area (Å²) in [4.78, 5) is 11.0. The van der Waals surface area contributed by atoms with Gasteiger partial charge in [0, 0.05) is 7.05 Å². The van der Waals surface area contributed by atoms with Gasteiger partial charge in [0.15, 0.2) is 0 Å². The van der Waals surface area contributed by atoms with Crippen molar-refractivity contribution in [3.05, 3.63) is 47.3 Å². The van der Waals surface area contributed by atoms with Crippen molar-refractivity contribution in [3.8, 4) is 5.75 Å². The second kappa shape index (κ2) is 5.53. The van der Waals surface area contributed by atoms with Gasteiger partial charge in [-0.05, 0) is 17.7 Å². The Balaban J connectivity index is 2.14. The quantitative estimate of drug-likeness (QED) is 0.845. The van der Waals surface area contributed by atoms with Crippen molar-refractivity contribution >= 4 is 5.97 Å². The Labute approximate surface area is 109 Å². The Hall–Kier alpha value is -2.34. The molecule has 0 aliphatic carbocycles. The summed E-state index contributed by atoms with van der Waals surface area (Å²) in [6.07, 6.45) is 1.30. The third-order valence-electron chi connectivity index (χ3n) is 2.75. The number of carbonyl (C=O) groups is 1. The molecule has 6 heteroatoms. The van der Waals surface area contributed by atoms with Crippen LogP contribution in [0.25, 0.3) is 0 Å². The van der Waals surface area contributed by atoms with Crippen LogP contribution >= 0.6 is 0 Å². The van der Waals surface area contributed by atoms with Crippen molar-refractivity contribution in [2.45, 2.75) is 13.2 Å². The minimum atomic E-state index is -1.03. The number of aliphatic hydroxyl groups is 1. The minimum Gasteiger partial charge on any atom is -0.487 e. The molecule has 2 rings (SSSR count). The number of carboxylic acids is 1. The van der Waals surface area contributed by atoms with Crippen molar-refractivity contribution in [2.24, 2.45) is 7.05 Å². The molecule has 0 unspecified atom stereocenters. The summed E-state index contributed by atoms with van der Waals surface area (Å²) in [5.74, 6) is -0.458. The van der Waals surface area contributed by atoms with E-state index in [0.29, 0.717) is 11.4 Å². The molecule has 1 aromatic heterocycles. The van der Waals surface area contributed by atoms with Gasteiger partial charge in [-0.1, -0.05) is 12.1 Å². The van der Waals surface area contributed by atoms with E-state index in [1.165, 1.54) is 10.9 Å². The molecule has 2 aromatic rings. The van der Waals surface area contributed by atoms with Gasteiger partial charge in [0.1, 0.15) is 17.9 Å². The average molecular weight is 262 g/mol. The topological polar surface area (TPSA) is 84.6 Å². The fourth-order valence-corrected chi connectivity index (χ4v) is 1.70. The summed E-state index contributed by atoms with van der Waals surface area (Å²) in [5.41, 5.74) is 1.35. The third-order valence-corrected chi connectivity index (χ3v) is 2.75. The number of benzene rings is 1. The smallest absolute Gasteiger partial charge is 0.339 e. The van der Waals surface area contributed by atoms with E-state index in [2.05, 4.69) is 5.10 Å². The molecule has 0 amide bonds. The molecule has 0 aliphatic heterocycles. The van der Waals surface area contributed by atoms with Gasteiger partial charge in [-0.2, -0.15) is 5.10 Å². The van der Waals surface area contributed by atoms with Gasteiger partial charge < -0.3 is 14.9 Å². The Kier molecular flexibility index (Phi) is 3.82. The number of hydrogen-bond donors (Lipinski definition) is 2. The molecule has 0 spiro atoms. The highest BCUT2D eigenvalue weighted by molar-refractivity contribution is 5.88. The van der Waals surface area contributed by atoms with Crippen molar-refractivity contribution in [1.29, 1.82) is 0 Å². The lowest BCUT2D eigenvalue weighted by Crippen LogP contribution is -2.08. The second-order valence-corrected chi connectivity index (χ2v) is 4.03. The van der Waals surface area contributed by atoms with Gasteiger partial charge >= 0.3 is 5.97 Å². The zero-order valence-electron chi connectivity index (χ0n) is 10.4. The number of aromatic carboxylic acids is 1. The van der Waals surface area contributed by atoms with Crippen molar-refractivity contribution in [1.82, 2.24) is 9.78 Å². The van der Waals surface area contributed by atoms with E-state index < -0.39 is 5.97 Å². The summed E-state index contributed by atoms with van der Waals surface area (Å²) < 4.78 is 7.00. The zero-order valence-corrected chi connectivity index (χ0v) is 10.4. The molecule has 0 saturated carbocycles. The summed E-state index contributed by atoms with van der Waals surface area (Å²) >= 11 is 0. The fourth-order valence-electron chi connectivity index (χ4n) is 1.70. The van der Waals surface area contributed by atoms with Crippen LogP contribution < -0.4 is 4.74 Å². The number of ether oxygens (including phenoxy) is 1. The maximum Gasteiger partial charge on any atom is 0.339 e. The van der Waals surface area contributed by atoms with E-state index in [0.717, 1.165) is 5.56 Å². The molecular weight excluding hydrogens is 248 g/mol. The van der Waals surface area contributed by atoms with Crippen molar-refractivity contribution in [2.75, 3.05) is 0 Å². The van der Waals surface area contributed by atoms with Gasteiger partial charge in [0.05, 0.1) is 18.5 Å². The lowest BCUT2D eigenvalue weighted by Gasteiger charge is -2.08. The van der Waals surface area contributed by atoms with Crippen molar-refractivity contribution < 1.29 is 19.7 Å². The van der Waals surface area contributed by atoms with Crippen LogP contribution in [0.1, 0.15) is 21.6 Å². The lowest BCUT2D eigenvalue weighted by molar-refractivity contribution is 0.0693. The highest BCUT2D eigenvalue weighted by atomic mass is 16.5. The summed E-state index contributed by atoms with van der Waals surface area (Å²) in [7, 11) is 1.66. The maximum absolute atomic E-state index is 11.0. The van der Waals surface area contributed by atoms with E-state index in [9.17, 15) is 4.79 Å². The fraction of sp³-hybridized carbons (Fsp3) is 0.231. The largest absolute Gasteiger partial charge is 0.487 e. The molecule has 2 N–H and O–H groups in total. The first kappa shape index (κ1) is 13.1. The molecule has 1 aromatic carbocycles. The Bertz CT molecular complexity index is 592. The molecule has 19 heavy (non-hydrogen) atoms. The molecule has 0 atom stereocenters. The van der Waals surface area contributed by atoms with E-state index in [-0.39, 0.29) is 18.8 Å². The van der Waals surface area contributed by atoms with Crippen LogP contribution in [0.3, 0.4) is 0 Å². The average Bonchev–Trinajstić information content (AvgIpc) is 2.78. The van der Waals surface area contributed by atoms with Gasteiger partial charge in [-0.3, -0.25) is 4.68 Å². The van der Waals surface area contributed by atoms with E-state index in [4.69, 9.17) is 14.9 Å². The molecule has 1 heterocycles. The monoisotopic (exact) mass is 262 g/mol. The van der Waals surface area contributed by atoms with Crippen LogP contribution in [-0.2, 0) is 20.3 Å². The van der Waals surface area contributed by atoms with Crippen LogP contribution in [0.15, 0.2) is 30.5 Å². The number of carboxylic acid groups (broad SMARTS) is 1. The molecule has 0 saturated heterocycles. The third kappa shape index (κ3) is 2.92. The van der Waals surface area contributed by atoms with E-state index in [1.54, 1.807) is 31.3 Å². The molecule has 0 bridgehead atoms. The van der Waals surface area contributed by atoms with Crippen LogP contribution in [0.4, 0.5) is 0 Å². The second-order valence-electron chi connectivity index (χ2n) is 4.03. The Morgan fingerprint density at radius 1 is 1.47 bits per heavy atom.